The van der Waals surface area contributed by atoms with Crippen LogP contribution in [0.4, 0.5) is 5.82 Å². The van der Waals surface area contributed by atoms with Crippen molar-refractivity contribution in [2.75, 3.05) is 24.5 Å². The molecule has 3 aromatic heterocycles. The van der Waals surface area contributed by atoms with Gasteiger partial charge in [-0.3, -0.25) is 5.10 Å². The van der Waals surface area contributed by atoms with Gasteiger partial charge in [-0.25, -0.2) is 9.97 Å². The average Bonchev–Trinajstić information content (AvgIpc) is 3.04. The van der Waals surface area contributed by atoms with Crippen molar-refractivity contribution in [3.05, 3.63) is 35.5 Å². The standard InChI is InChI=1S/C19H23ClN6.H2/c1-12(2)8-14-11-26(7-6-21-14)17-5-3-4-16(23-17)18-15-9-13(20)10-22-19(15)25-24-18;/h3-5,9-10,12,14,21H,6-8,11H2,1-2H3,(H,22,24,25);1H/t14-;/m0./s1. The van der Waals surface area contributed by atoms with Gasteiger partial charge in [-0.15, -0.1) is 0 Å². The molecule has 0 radical (unpaired) electrons. The first-order valence-electron chi connectivity index (χ1n) is 9.05. The lowest BCUT2D eigenvalue weighted by Gasteiger charge is -2.35. The molecule has 1 atom stereocenters. The Morgan fingerprint density at radius 1 is 1.38 bits per heavy atom. The van der Waals surface area contributed by atoms with Gasteiger partial charge in [0.15, 0.2) is 5.65 Å². The number of nitrogens with one attached hydrogen (secondary N) is 2. The molecular formula is C19H25ClN6. The zero-order chi connectivity index (χ0) is 18.1. The maximum atomic E-state index is 6.11. The third kappa shape index (κ3) is 3.52. The van der Waals surface area contributed by atoms with Crippen LogP contribution in [-0.2, 0) is 0 Å². The first-order valence-corrected chi connectivity index (χ1v) is 9.43. The lowest BCUT2D eigenvalue weighted by atomic mass is 10.0. The lowest BCUT2D eigenvalue weighted by Crippen LogP contribution is -2.51. The van der Waals surface area contributed by atoms with Gasteiger partial charge in [0, 0.05) is 38.7 Å². The maximum absolute atomic E-state index is 6.11. The highest BCUT2D eigenvalue weighted by Crippen LogP contribution is 2.27. The van der Waals surface area contributed by atoms with E-state index in [4.69, 9.17) is 16.6 Å². The molecular weight excluding hydrogens is 348 g/mol. The quantitative estimate of drug-likeness (QED) is 0.730. The number of anilines is 1. The SMILES string of the molecule is CC(C)C[C@H]1CN(c2cccc(-c3[nH]nc4ncc(Cl)cc34)n2)CCN1.[HH]. The molecule has 3 aromatic rings. The second kappa shape index (κ2) is 7.21. The fourth-order valence-corrected chi connectivity index (χ4v) is 3.73. The van der Waals surface area contributed by atoms with E-state index in [0.717, 1.165) is 42.2 Å². The van der Waals surface area contributed by atoms with E-state index in [1.54, 1.807) is 6.20 Å². The summed E-state index contributed by atoms with van der Waals surface area (Å²) in [4.78, 5) is 11.5. The molecule has 0 unspecified atom stereocenters. The van der Waals surface area contributed by atoms with Gasteiger partial charge in [-0.05, 0) is 30.5 Å². The maximum Gasteiger partial charge on any atom is 0.181 e. The van der Waals surface area contributed by atoms with Crippen LogP contribution in [0, 0.1) is 5.92 Å². The van der Waals surface area contributed by atoms with E-state index in [2.05, 4.69) is 45.3 Å². The van der Waals surface area contributed by atoms with Crippen molar-refractivity contribution in [2.45, 2.75) is 26.3 Å². The van der Waals surface area contributed by atoms with Crippen LogP contribution in [0.5, 0.6) is 0 Å². The van der Waals surface area contributed by atoms with E-state index >= 15 is 0 Å². The zero-order valence-corrected chi connectivity index (χ0v) is 15.8. The van der Waals surface area contributed by atoms with E-state index in [0.29, 0.717) is 22.6 Å². The van der Waals surface area contributed by atoms with Gasteiger partial charge >= 0.3 is 0 Å². The average molecular weight is 373 g/mol. The van der Waals surface area contributed by atoms with Crippen molar-refractivity contribution in [1.29, 1.82) is 0 Å². The molecule has 2 N–H and O–H groups in total. The summed E-state index contributed by atoms with van der Waals surface area (Å²) >= 11 is 6.11. The van der Waals surface area contributed by atoms with Crippen LogP contribution >= 0.6 is 11.6 Å². The molecule has 0 spiro atoms. The molecule has 1 aliphatic rings. The number of hydrogen-bond acceptors (Lipinski definition) is 5. The van der Waals surface area contributed by atoms with Crippen LogP contribution in [0.15, 0.2) is 30.5 Å². The Morgan fingerprint density at radius 3 is 3.12 bits per heavy atom. The van der Waals surface area contributed by atoms with Crippen molar-refractivity contribution in [1.82, 2.24) is 25.5 Å². The van der Waals surface area contributed by atoms with Crippen LogP contribution in [0.25, 0.3) is 22.4 Å². The Morgan fingerprint density at radius 2 is 2.27 bits per heavy atom. The number of hydrogen-bond donors (Lipinski definition) is 2. The zero-order valence-electron chi connectivity index (χ0n) is 15.0. The normalized spacial score (nSPS) is 18.0. The van der Waals surface area contributed by atoms with Gasteiger partial charge in [-0.1, -0.05) is 31.5 Å². The minimum absolute atomic E-state index is 0. The van der Waals surface area contributed by atoms with Crippen LogP contribution in [0.3, 0.4) is 0 Å². The van der Waals surface area contributed by atoms with Crippen LogP contribution in [0.1, 0.15) is 21.7 Å². The van der Waals surface area contributed by atoms with Gasteiger partial charge in [-0.2, -0.15) is 5.10 Å². The number of fused-ring (bicyclic) bond motifs is 1. The predicted octanol–water partition coefficient (Wildman–Crippen LogP) is 3.74. The molecule has 4 heterocycles. The number of nitrogens with zero attached hydrogens (tertiary/aromatic N) is 4. The van der Waals surface area contributed by atoms with Gasteiger partial charge in [0.1, 0.15) is 5.82 Å². The molecule has 0 aliphatic carbocycles. The molecule has 6 nitrogen and oxygen atoms in total. The molecule has 0 saturated carbocycles. The Bertz CT molecular complexity index is 912. The smallest absolute Gasteiger partial charge is 0.181 e. The topological polar surface area (TPSA) is 69.7 Å². The molecule has 1 aliphatic heterocycles. The largest absolute Gasteiger partial charge is 0.354 e. The summed E-state index contributed by atoms with van der Waals surface area (Å²) in [6.45, 7) is 7.45. The molecule has 1 fully saturated rings. The summed E-state index contributed by atoms with van der Waals surface area (Å²) in [6.07, 6.45) is 2.78. The predicted molar refractivity (Wildman–Crippen MR) is 108 cm³/mol. The Balaban J connectivity index is 0.00000210. The highest BCUT2D eigenvalue weighted by Gasteiger charge is 2.21. The summed E-state index contributed by atoms with van der Waals surface area (Å²) in [5.74, 6) is 1.68. The summed E-state index contributed by atoms with van der Waals surface area (Å²) in [5.41, 5.74) is 2.36. The Hall–Kier alpha value is -2.18. The highest BCUT2D eigenvalue weighted by atomic mass is 35.5. The number of pyridine rings is 2. The Labute approximate surface area is 159 Å². The van der Waals surface area contributed by atoms with Crippen molar-refractivity contribution in [3.63, 3.8) is 0 Å². The first kappa shape index (κ1) is 17.2. The third-order valence-electron chi connectivity index (χ3n) is 4.70. The number of halogens is 1. The highest BCUT2D eigenvalue weighted by molar-refractivity contribution is 6.31. The number of aromatic nitrogens is 4. The first-order chi connectivity index (χ1) is 12.6. The van der Waals surface area contributed by atoms with Gasteiger partial charge < -0.3 is 10.2 Å². The van der Waals surface area contributed by atoms with Crippen LogP contribution in [0.2, 0.25) is 5.02 Å². The molecule has 0 bridgehead atoms. The summed E-state index contributed by atoms with van der Waals surface area (Å²) in [5, 5.41) is 12.4. The number of rotatable bonds is 4. The van der Waals surface area contributed by atoms with Crippen LogP contribution < -0.4 is 10.2 Å². The second-order valence-corrected chi connectivity index (χ2v) is 7.67. The molecule has 4 rings (SSSR count). The fraction of sp³-hybridized carbons (Fsp3) is 0.421. The lowest BCUT2D eigenvalue weighted by molar-refractivity contribution is 0.387. The minimum Gasteiger partial charge on any atom is -0.354 e. The van der Waals surface area contributed by atoms with Gasteiger partial charge in [0.05, 0.1) is 16.4 Å². The van der Waals surface area contributed by atoms with Gasteiger partial charge in [0.2, 0.25) is 0 Å². The number of H-pyrrole nitrogens is 1. The number of aromatic amines is 1. The van der Waals surface area contributed by atoms with E-state index < -0.39 is 0 Å². The molecule has 0 aromatic carbocycles. The summed E-state index contributed by atoms with van der Waals surface area (Å²) in [7, 11) is 0. The molecule has 7 heteroatoms. The summed E-state index contributed by atoms with van der Waals surface area (Å²) in [6, 6.07) is 8.49. The third-order valence-corrected chi connectivity index (χ3v) is 4.91. The van der Waals surface area contributed by atoms with Crippen LogP contribution in [-0.4, -0.2) is 45.8 Å². The van der Waals surface area contributed by atoms with E-state index in [1.807, 2.05) is 18.2 Å². The van der Waals surface area contributed by atoms with Crippen molar-refractivity contribution < 1.29 is 1.43 Å². The molecule has 1 saturated heterocycles. The summed E-state index contributed by atoms with van der Waals surface area (Å²) < 4.78 is 0. The molecule has 138 valence electrons. The van der Waals surface area contributed by atoms with E-state index in [-0.39, 0.29) is 1.43 Å². The molecule has 0 amide bonds. The Kier molecular flexibility index (Phi) is 4.78. The van der Waals surface area contributed by atoms with Gasteiger partial charge in [0.25, 0.3) is 0 Å². The minimum atomic E-state index is 0. The van der Waals surface area contributed by atoms with Crippen molar-refractivity contribution in [2.24, 2.45) is 5.92 Å². The van der Waals surface area contributed by atoms with Crippen molar-refractivity contribution in [3.8, 4) is 11.4 Å². The van der Waals surface area contributed by atoms with Crippen molar-refractivity contribution >= 4 is 28.5 Å². The fourth-order valence-electron chi connectivity index (χ4n) is 3.57. The second-order valence-electron chi connectivity index (χ2n) is 7.23. The van der Waals surface area contributed by atoms with E-state index in [9.17, 15) is 0 Å². The molecule has 26 heavy (non-hydrogen) atoms. The van der Waals surface area contributed by atoms with E-state index in [1.165, 1.54) is 6.42 Å². The monoisotopic (exact) mass is 372 g/mol. The number of piperazine rings is 1.